The third-order valence-corrected chi connectivity index (χ3v) is 5.46. The van der Waals surface area contributed by atoms with E-state index in [-0.39, 0.29) is 7.18 Å². The Balaban J connectivity index is 0.00000200. The summed E-state index contributed by atoms with van der Waals surface area (Å²) in [4.78, 5) is 0.491. The largest absolute Gasteiger partial charge is 0.384 e. The highest BCUT2D eigenvalue weighted by molar-refractivity contribution is 7.91. The lowest BCUT2D eigenvalue weighted by Crippen LogP contribution is -2.07. The fourth-order valence-electron chi connectivity index (χ4n) is 2.49. The summed E-state index contributed by atoms with van der Waals surface area (Å²) in [6, 6.07) is 5.47. The first-order chi connectivity index (χ1) is 9.13. The summed E-state index contributed by atoms with van der Waals surface area (Å²) in [5.41, 5.74) is 2.22. The summed E-state index contributed by atoms with van der Waals surface area (Å²) in [5.74, 6) is 0.281. The minimum atomic E-state index is -3.10. The van der Waals surface area contributed by atoms with Crippen LogP contribution in [0.4, 0.5) is 5.69 Å². The van der Waals surface area contributed by atoms with E-state index in [1.807, 2.05) is 12.1 Å². The predicted octanol–water partition coefficient (Wildman–Crippen LogP) is 3.64. The van der Waals surface area contributed by atoms with E-state index in [1.54, 1.807) is 6.07 Å². The maximum Gasteiger partial charge on any atom is 0.178 e. The van der Waals surface area contributed by atoms with Crippen molar-refractivity contribution < 1.29 is 9.84 Å². The molecule has 1 aromatic carbocycles. The number of fused-ring (bicyclic) bond motifs is 1. The van der Waals surface area contributed by atoms with Crippen LogP contribution >= 0.6 is 0 Å². The van der Waals surface area contributed by atoms with Crippen molar-refractivity contribution in [2.75, 3.05) is 17.6 Å². The van der Waals surface area contributed by atoms with E-state index in [0.29, 0.717) is 4.90 Å². The summed E-state index contributed by atoms with van der Waals surface area (Å²) in [5, 5.41) is 3.25. The molecule has 0 fully saturated rings. The third-order valence-electron chi connectivity index (χ3n) is 3.66. The molecule has 1 heterocycles. The number of sulfone groups is 1. The van der Waals surface area contributed by atoms with Crippen LogP contribution in [0.1, 0.15) is 46.0 Å². The summed E-state index contributed by atoms with van der Waals surface area (Å²) >= 11 is 0. The van der Waals surface area contributed by atoms with E-state index >= 15 is 0 Å². The van der Waals surface area contributed by atoms with Gasteiger partial charge in [-0.3, -0.25) is 0 Å². The van der Waals surface area contributed by atoms with Gasteiger partial charge in [-0.25, -0.2) is 8.42 Å². The van der Waals surface area contributed by atoms with Gasteiger partial charge in [0.25, 0.3) is 0 Å². The Labute approximate surface area is 117 Å². The number of anilines is 1. The lowest BCUT2D eigenvalue weighted by atomic mass is 10.2. The first kappa shape index (κ1) is 14.4. The first-order valence-corrected chi connectivity index (χ1v) is 8.88. The van der Waals surface area contributed by atoms with Crippen LogP contribution in [0.3, 0.4) is 0 Å². The average molecular weight is 283 g/mol. The van der Waals surface area contributed by atoms with Gasteiger partial charge >= 0.3 is 0 Å². The van der Waals surface area contributed by atoms with Crippen molar-refractivity contribution in [1.29, 1.82) is 0 Å². The third kappa shape index (κ3) is 3.72. The lowest BCUT2D eigenvalue weighted by Gasteiger charge is -2.07. The summed E-state index contributed by atoms with van der Waals surface area (Å²) < 4.78 is 24.5. The molecule has 108 valence electrons. The first-order valence-electron chi connectivity index (χ1n) is 7.23. The molecule has 0 spiro atoms. The van der Waals surface area contributed by atoms with Crippen LogP contribution in [-0.2, 0) is 16.3 Å². The molecule has 1 aliphatic heterocycles. The molecule has 2 rings (SSSR count). The molecule has 0 aliphatic carbocycles. The second kappa shape index (κ2) is 6.42. The molecule has 0 aromatic heterocycles. The van der Waals surface area contributed by atoms with Gasteiger partial charge in [-0.15, -0.1) is 0 Å². The van der Waals surface area contributed by atoms with E-state index in [1.165, 1.54) is 12.8 Å². The number of hydrogen-bond donors (Lipinski definition) is 1. The minimum absolute atomic E-state index is 0. The van der Waals surface area contributed by atoms with Gasteiger partial charge in [-0.1, -0.05) is 32.6 Å². The SMILES string of the molecule is CCCCCCCS(=O)(=O)c1ccc2c(c1)CCN2.[HH]. The smallest absolute Gasteiger partial charge is 0.178 e. The highest BCUT2D eigenvalue weighted by Crippen LogP contribution is 2.26. The van der Waals surface area contributed by atoms with Gasteiger partial charge in [0.1, 0.15) is 0 Å². The Morgan fingerprint density at radius 3 is 2.79 bits per heavy atom. The molecule has 0 saturated heterocycles. The average Bonchev–Trinajstić information content (AvgIpc) is 2.85. The van der Waals surface area contributed by atoms with Crippen molar-refractivity contribution in [3.8, 4) is 0 Å². The Hall–Kier alpha value is -1.03. The van der Waals surface area contributed by atoms with Crippen molar-refractivity contribution in [2.24, 2.45) is 0 Å². The van der Waals surface area contributed by atoms with Gasteiger partial charge in [0.2, 0.25) is 0 Å². The van der Waals surface area contributed by atoms with E-state index in [0.717, 1.165) is 43.5 Å². The molecule has 0 saturated carbocycles. The fourth-order valence-corrected chi connectivity index (χ4v) is 3.91. The normalized spacial score (nSPS) is 14.2. The van der Waals surface area contributed by atoms with Gasteiger partial charge in [0, 0.05) is 13.7 Å². The molecule has 4 heteroatoms. The molecule has 0 bridgehead atoms. The van der Waals surface area contributed by atoms with Crippen LogP contribution in [0.25, 0.3) is 0 Å². The fraction of sp³-hybridized carbons (Fsp3) is 0.600. The predicted molar refractivity (Wildman–Crippen MR) is 81.6 cm³/mol. The number of unbranched alkanes of at least 4 members (excludes halogenated alkanes) is 4. The summed E-state index contributed by atoms with van der Waals surface area (Å²) in [6.07, 6.45) is 6.24. The zero-order chi connectivity index (χ0) is 13.7. The van der Waals surface area contributed by atoms with Crippen molar-refractivity contribution in [1.82, 2.24) is 0 Å². The van der Waals surface area contributed by atoms with Crippen LogP contribution in [0.2, 0.25) is 0 Å². The molecule has 1 aliphatic rings. The molecular formula is C15H25NO2S. The standard InChI is InChI=1S/C15H23NO2S.H2/c1-2-3-4-5-6-11-19(17,18)14-7-8-15-13(12-14)9-10-16-15;/h7-8,12,16H,2-6,9-11H2,1H3;1H. The van der Waals surface area contributed by atoms with Crippen molar-refractivity contribution in [3.05, 3.63) is 23.8 Å². The maximum absolute atomic E-state index is 12.2. The highest BCUT2D eigenvalue weighted by atomic mass is 32.2. The van der Waals surface area contributed by atoms with Crippen molar-refractivity contribution in [2.45, 2.75) is 50.3 Å². The molecule has 1 N–H and O–H groups in total. The van der Waals surface area contributed by atoms with Gasteiger partial charge < -0.3 is 5.32 Å². The quantitative estimate of drug-likeness (QED) is 0.777. The van der Waals surface area contributed by atoms with Gasteiger partial charge in [0.05, 0.1) is 10.6 Å². The Morgan fingerprint density at radius 1 is 1.21 bits per heavy atom. The van der Waals surface area contributed by atoms with Crippen LogP contribution in [0, 0.1) is 0 Å². The molecule has 0 amide bonds. The molecule has 0 unspecified atom stereocenters. The van der Waals surface area contributed by atoms with Crippen LogP contribution < -0.4 is 5.32 Å². The van der Waals surface area contributed by atoms with Crippen LogP contribution in [-0.4, -0.2) is 20.7 Å². The molecule has 1 aromatic rings. The Bertz CT molecular complexity index is 529. The van der Waals surface area contributed by atoms with Crippen molar-refractivity contribution in [3.63, 3.8) is 0 Å². The number of nitrogens with one attached hydrogen (secondary N) is 1. The Kier molecular flexibility index (Phi) is 4.86. The highest BCUT2D eigenvalue weighted by Gasteiger charge is 2.17. The molecule has 0 radical (unpaired) electrons. The van der Waals surface area contributed by atoms with Gasteiger partial charge in [-0.05, 0) is 36.6 Å². The van der Waals surface area contributed by atoms with E-state index in [9.17, 15) is 8.42 Å². The van der Waals surface area contributed by atoms with E-state index in [4.69, 9.17) is 0 Å². The van der Waals surface area contributed by atoms with Crippen molar-refractivity contribution >= 4 is 15.5 Å². The topological polar surface area (TPSA) is 46.2 Å². The van der Waals surface area contributed by atoms with E-state index < -0.39 is 9.84 Å². The van der Waals surface area contributed by atoms with Crippen LogP contribution in [0.5, 0.6) is 0 Å². The number of benzene rings is 1. The molecule has 3 nitrogen and oxygen atoms in total. The Morgan fingerprint density at radius 2 is 2.00 bits per heavy atom. The zero-order valence-corrected chi connectivity index (χ0v) is 12.4. The second-order valence-electron chi connectivity index (χ2n) is 5.23. The van der Waals surface area contributed by atoms with E-state index in [2.05, 4.69) is 12.2 Å². The van der Waals surface area contributed by atoms with Gasteiger partial charge in [-0.2, -0.15) is 0 Å². The molecule has 19 heavy (non-hydrogen) atoms. The lowest BCUT2D eigenvalue weighted by molar-refractivity contribution is 0.586. The summed E-state index contributed by atoms with van der Waals surface area (Å²) in [6.45, 7) is 3.07. The molecular weight excluding hydrogens is 258 g/mol. The number of hydrogen-bond acceptors (Lipinski definition) is 3. The van der Waals surface area contributed by atoms with Gasteiger partial charge in [0.15, 0.2) is 9.84 Å². The second-order valence-corrected chi connectivity index (χ2v) is 7.34. The summed E-state index contributed by atoms with van der Waals surface area (Å²) in [7, 11) is -3.10. The molecule has 0 atom stereocenters. The number of rotatable bonds is 7. The van der Waals surface area contributed by atoms with Crippen LogP contribution in [0.15, 0.2) is 23.1 Å². The monoisotopic (exact) mass is 283 g/mol. The maximum atomic E-state index is 12.2. The zero-order valence-electron chi connectivity index (χ0n) is 11.6. The minimum Gasteiger partial charge on any atom is -0.384 e.